The lowest BCUT2D eigenvalue weighted by atomic mass is 9.87. The molecule has 0 aromatic heterocycles. The van der Waals surface area contributed by atoms with Gasteiger partial charge in [-0.1, -0.05) is 108 Å². The number of likely N-dealkylation sites (N-methyl/N-ethyl adjacent to an activating group) is 1. The third-order valence-corrected chi connectivity index (χ3v) is 12.8. The molecule has 0 aliphatic carbocycles. The number of ketones is 3. The van der Waals surface area contributed by atoms with Crippen molar-refractivity contribution in [2.45, 2.75) is 143 Å². The fourth-order valence-electron chi connectivity index (χ4n) is 8.84. The predicted octanol–water partition coefficient (Wildman–Crippen LogP) is 11.3. The maximum atomic E-state index is 15.0. The Morgan fingerprint density at radius 3 is 2.10 bits per heavy atom. The molecular formula is C60H75N3O9. The van der Waals surface area contributed by atoms with Crippen LogP contribution in [0.15, 0.2) is 84.9 Å². The highest BCUT2D eigenvalue weighted by molar-refractivity contribution is 6.00. The molecule has 3 amide bonds. The summed E-state index contributed by atoms with van der Waals surface area (Å²) in [5.41, 5.74) is 5.43. The fourth-order valence-corrected chi connectivity index (χ4v) is 8.84. The number of nitrogens with one attached hydrogen (secondary N) is 2. The zero-order chi connectivity index (χ0) is 52.4. The molecule has 72 heavy (non-hydrogen) atoms. The number of carbonyl (C=O) groups excluding carboxylic acids is 6. The molecule has 4 bridgehead atoms. The van der Waals surface area contributed by atoms with E-state index in [1.165, 1.54) is 10.5 Å². The number of hydrogen-bond donors (Lipinski definition) is 2. The normalized spacial score (nSPS) is 16.3. The van der Waals surface area contributed by atoms with Gasteiger partial charge in [0, 0.05) is 61.3 Å². The zero-order valence-electron chi connectivity index (χ0n) is 43.7. The Morgan fingerprint density at radius 1 is 0.819 bits per heavy atom. The van der Waals surface area contributed by atoms with Gasteiger partial charge in [-0.3, -0.25) is 24.0 Å². The Kier molecular flexibility index (Phi) is 21.2. The number of hydrogen-bond acceptors (Lipinski definition) is 9. The maximum Gasteiger partial charge on any atom is 0.407 e. The van der Waals surface area contributed by atoms with Crippen molar-refractivity contribution in [3.8, 4) is 46.1 Å². The van der Waals surface area contributed by atoms with Crippen LogP contribution in [0.25, 0.3) is 22.3 Å². The number of aryl methyl sites for hydroxylation is 1. The van der Waals surface area contributed by atoms with Crippen molar-refractivity contribution in [3.05, 3.63) is 107 Å². The second kappa shape index (κ2) is 27.2. The summed E-state index contributed by atoms with van der Waals surface area (Å²) in [5.74, 6) is 0.107. The number of ether oxygens (including phenoxy) is 3. The van der Waals surface area contributed by atoms with E-state index in [9.17, 15) is 28.8 Å². The number of nitrogens with zero attached hydrogens (tertiary/aromatic N) is 1. The summed E-state index contributed by atoms with van der Waals surface area (Å²) in [7, 11) is 1.58. The fraction of sp³-hybridized carbons (Fsp3) is 0.467. The van der Waals surface area contributed by atoms with E-state index in [0.717, 1.165) is 36.8 Å². The summed E-state index contributed by atoms with van der Waals surface area (Å²) in [6.07, 6.45) is 10.9. The van der Waals surface area contributed by atoms with Crippen LogP contribution in [0.4, 0.5) is 4.79 Å². The van der Waals surface area contributed by atoms with Gasteiger partial charge in [0.05, 0.1) is 19.2 Å². The Morgan fingerprint density at radius 2 is 1.46 bits per heavy atom. The molecule has 0 saturated carbocycles. The van der Waals surface area contributed by atoms with E-state index >= 15 is 0 Å². The van der Waals surface area contributed by atoms with Gasteiger partial charge in [-0.25, -0.2) is 4.79 Å². The van der Waals surface area contributed by atoms with Crippen molar-refractivity contribution in [2.24, 2.45) is 11.8 Å². The van der Waals surface area contributed by atoms with Gasteiger partial charge in [0.2, 0.25) is 11.8 Å². The van der Waals surface area contributed by atoms with Gasteiger partial charge in [-0.05, 0) is 105 Å². The summed E-state index contributed by atoms with van der Waals surface area (Å²) in [6.45, 7) is 13.7. The number of fused-ring (bicyclic) bond motifs is 5. The molecular weight excluding hydrogens is 907 g/mol. The van der Waals surface area contributed by atoms with Gasteiger partial charge < -0.3 is 29.7 Å². The largest absolute Gasteiger partial charge is 0.493 e. The lowest BCUT2D eigenvalue weighted by Crippen LogP contribution is -2.45. The van der Waals surface area contributed by atoms with Gasteiger partial charge in [0.25, 0.3) is 0 Å². The summed E-state index contributed by atoms with van der Waals surface area (Å²) < 4.78 is 18.1. The van der Waals surface area contributed by atoms with Crippen LogP contribution in [0.3, 0.4) is 0 Å². The third kappa shape index (κ3) is 16.1. The average Bonchev–Trinajstić information content (AvgIpc) is 3.36. The summed E-state index contributed by atoms with van der Waals surface area (Å²) in [4.78, 5) is 85.6. The Labute approximate surface area is 427 Å². The number of benzene rings is 4. The number of unbranched alkanes of at least 4 members (excludes halogenated alkanes) is 2. The van der Waals surface area contributed by atoms with E-state index in [0.29, 0.717) is 65.2 Å². The first-order valence-corrected chi connectivity index (χ1v) is 25.7. The maximum absolute atomic E-state index is 15.0. The van der Waals surface area contributed by atoms with Gasteiger partial charge in [-0.2, -0.15) is 0 Å². The van der Waals surface area contributed by atoms with Crippen LogP contribution in [0.5, 0.6) is 11.5 Å². The molecule has 0 saturated heterocycles. The molecule has 0 radical (unpaired) electrons. The molecule has 12 nitrogen and oxygen atoms in total. The second-order valence-corrected chi connectivity index (χ2v) is 19.9. The minimum atomic E-state index is -1.18. The van der Waals surface area contributed by atoms with Gasteiger partial charge in [0.1, 0.15) is 29.7 Å². The van der Waals surface area contributed by atoms with E-state index in [1.54, 1.807) is 52.9 Å². The van der Waals surface area contributed by atoms with Crippen LogP contribution in [-0.2, 0) is 36.8 Å². The number of Topliss-reactive ketones (excluding diaryl/α,β-unsaturated/α-hetero) is 3. The molecule has 1 heterocycles. The Balaban J connectivity index is 1.55. The lowest BCUT2D eigenvalue weighted by molar-refractivity contribution is -0.142. The molecule has 1 aliphatic rings. The van der Waals surface area contributed by atoms with E-state index in [2.05, 4.69) is 47.7 Å². The Bertz CT molecular complexity index is 2540. The zero-order valence-corrected chi connectivity index (χ0v) is 43.7. The molecule has 0 spiro atoms. The molecule has 2 N–H and O–H groups in total. The van der Waals surface area contributed by atoms with Crippen molar-refractivity contribution in [1.29, 1.82) is 0 Å². The number of carbonyl (C=O) groups is 6. The van der Waals surface area contributed by atoms with Crippen molar-refractivity contribution in [2.75, 3.05) is 26.8 Å². The van der Waals surface area contributed by atoms with Crippen LogP contribution in [-0.4, -0.2) is 78.6 Å². The van der Waals surface area contributed by atoms with Gasteiger partial charge >= 0.3 is 6.09 Å². The molecule has 5 rings (SSSR count). The number of alkyl carbamates (subject to hydrolysis) is 1. The van der Waals surface area contributed by atoms with Crippen LogP contribution < -0.4 is 20.1 Å². The van der Waals surface area contributed by atoms with E-state index in [1.807, 2.05) is 56.3 Å². The van der Waals surface area contributed by atoms with Crippen LogP contribution in [0.1, 0.15) is 146 Å². The average molecular weight is 982 g/mol. The molecule has 0 unspecified atom stereocenters. The van der Waals surface area contributed by atoms with Crippen LogP contribution in [0, 0.1) is 24.2 Å². The molecule has 12 heteroatoms. The van der Waals surface area contributed by atoms with Crippen LogP contribution in [0.2, 0.25) is 0 Å². The highest BCUT2D eigenvalue weighted by Crippen LogP contribution is 2.41. The SMILES string of the molecule is C#CCCC(=O)[C@@H]1Cc2ccc(OCCNC(=O)OC(C)(C)C)c(c2)-c2cc(ccc2OCCC)[C@H](N(C)C(=O)[C@H](CCCC)CC(=O)c2ccc(-c3ccc(CCCC)cc3)cc2)C(=O)C[C@@H](C)C(=O)N1. The van der Waals surface area contributed by atoms with Crippen LogP contribution >= 0.6 is 0 Å². The summed E-state index contributed by atoms with van der Waals surface area (Å²) >= 11 is 0. The van der Waals surface area contributed by atoms with E-state index in [-0.39, 0.29) is 62.7 Å². The lowest BCUT2D eigenvalue weighted by Gasteiger charge is -2.32. The predicted molar refractivity (Wildman–Crippen MR) is 283 cm³/mol. The Hall–Kier alpha value is -6.74. The number of terminal acetylenes is 1. The smallest absolute Gasteiger partial charge is 0.407 e. The first-order valence-electron chi connectivity index (χ1n) is 25.7. The third-order valence-electron chi connectivity index (χ3n) is 12.8. The standard InChI is InChI=1S/C60H75N3O9/c1-10-14-17-41-20-23-43(24-21-41)44-25-27-45(28-26-44)52(65)39-47(18-15-11-2)58(68)63(9)56-46-29-31-55(70-33-13-4)49(38-46)48-36-42(22-30-54(48)71-34-32-61-59(69)72-60(6,7)8)37-50(51(64)19-16-12-3)62-57(67)40(5)35-53(56)66/h3,20-31,36,38,40,47,50,56H,10-11,13-19,32-35,37,39H2,1-2,4-9H3,(H,61,69)(H,62,67)/t40-,47-,50+,56+/m1/s1. The van der Waals surface area contributed by atoms with E-state index < -0.39 is 47.3 Å². The quantitative estimate of drug-likeness (QED) is 0.0444. The molecule has 4 aromatic rings. The van der Waals surface area contributed by atoms with Gasteiger partial charge in [0.15, 0.2) is 17.3 Å². The summed E-state index contributed by atoms with van der Waals surface area (Å²) in [6, 6.07) is 24.6. The summed E-state index contributed by atoms with van der Waals surface area (Å²) in [5, 5.41) is 5.64. The topological polar surface area (TPSA) is 157 Å². The van der Waals surface area contributed by atoms with Gasteiger partial charge in [-0.15, -0.1) is 12.3 Å². The first kappa shape index (κ1) is 56.2. The highest BCUT2D eigenvalue weighted by atomic mass is 16.6. The molecule has 4 atom stereocenters. The number of rotatable bonds is 22. The second-order valence-electron chi connectivity index (χ2n) is 19.9. The minimum absolute atomic E-state index is 0.0418. The van der Waals surface area contributed by atoms with E-state index in [4.69, 9.17) is 20.6 Å². The molecule has 384 valence electrons. The highest BCUT2D eigenvalue weighted by Gasteiger charge is 2.36. The van der Waals surface area contributed by atoms with Crippen molar-refractivity contribution in [1.82, 2.24) is 15.5 Å². The monoisotopic (exact) mass is 982 g/mol. The minimum Gasteiger partial charge on any atom is -0.493 e. The van der Waals surface area contributed by atoms with Crippen molar-refractivity contribution >= 4 is 35.3 Å². The molecule has 0 fully saturated rings. The van der Waals surface area contributed by atoms with Crippen molar-refractivity contribution in [3.63, 3.8) is 0 Å². The molecule has 4 aromatic carbocycles. The number of amides is 3. The first-order chi connectivity index (χ1) is 34.5. The molecule has 1 aliphatic heterocycles. The van der Waals surface area contributed by atoms with Crippen molar-refractivity contribution < 1.29 is 43.0 Å².